The lowest BCUT2D eigenvalue weighted by Gasteiger charge is -2.19. The van der Waals surface area contributed by atoms with Gasteiger partial charge in [0.25, 0.3) is 5.56 Å². The van der Waals surface area contributed by atoms with Gasteiger partial charge >= 0.3 is 6.18 Å². The van der Waals surface area contributed by atoms with Crippen molar-refractivity contribution in [3.63, 3.8) is 0 Å². The van der Waals surface area contributed by atoms with Crippen molar-refractivity contribution in [1.29, 1.82) is 0 Å². The molecular formula is C12H17F3N2O. The van der Waals surface area contributed by atoms with Crippen molar-refractivity contribution in [2.24, 2.45) is 0 Å². The molecule has 0 unspecified atom stereocenters. The monoisotopic (exact) mass is 262 g/mol. The normalized spacial score (nSPS) is 12.4. The van der Waals surface area contributed by atoms with Crippen LogP contribution >= 0.6 is 0 Å². The van der Waals surface area contributed by atoms with Crippen LogP contribution in [0.2, 0.25) is 0 Å². The van der Waals surface area contributed by atoms with Crippen molar-refractivity contribution in [2.45, 2.75) is 32.6 Å². The summed E-state index contributed by atoms with van der Waals surface area (Å²) in [5.41, 5.74) is 0.544. The molecule has 18 heavy (non-hydrogen) atoms. The quantitative estimate of drug-likeness (QED) is 0.832. The molecule has 1 aromatic rings. The van der Waals surface area contributed by atoms with Crippen molar-refractivity contribution in [3.8, 4) is 0 Å². The van der Waals surface area contributed by atoms with Crippen LogP contribution in [-0.2, 0) is 6.54 Å². The lowest BCUT2D eigenvalue weighted by Crippen LogP contribution is -2.31. The Labute approximate surface area is 104 Å². The lowest BCUT2D eigenvalue weighted by atomic mass is 10.2. The molecular weight excluding hydrogens is 245 g/mol. The number of nitrogens with zero attached hydrogens (tertiary/aromatic N) is 2. The summed E-state index contributed by atoms with van der Waals surface area (Å²) in [4.78, 5) is 12.7. The third-order valence-corrected chi connectivity index (χ3v) is 2.46. The maximum atomic E-state index is 12.2. The Morgan fingerprint density at radius 2 is 1.94 bits per heavy atom. The topological polar surface area (TPSA) is 25.2 Å². The first-order valence-electron chi connectivity index (χ1n) is 5.65. The van der Waals surface area contributed by atoms with Gasteiger partial charge < -0.3 is 4.57 Å². The number of hydrogen-bond donors (Lipinski definition) is 0. The molecule has 0 atom stereocenters. The molecule has 102 valence electrons. The molecule has 0 aromatic carbocycles. The summed E-state index contributed by atoms with van der Waals surface area (Å²) in [7, 11) is 1.40. The highest BCUT2D eigenvalue weighted by molar-refractivity contribution is 5.10. The van der Waals surface area contributed by atoms with Gasteiger partial charge in [-0.05, 0) is 26.5 Å². The Hall–Kier alpha value is -1.30. The van der Waals surface area contributed by atoms with E-state index >= 15 is 0 Å². The van der Waals surface area contributed by atoms with E-state index in [-0.39, 0.29) is 18.1 Å². The van der Waals surface area contributed by atoms with Crippen LogP contribution in [0.5, 0.6) is 0 Å². The van der Waals surface area contributed by atoms with Crippen LogP contribution in [0.3, 0.4) is 0 Å². The smallest absolute Gasteiger partial charge is 0.313 e. The molecule has 0 N–H and O–H groups in total. The average molecular weight is 262 g/mol. The van der Waals surface area contributed by atoms with Crippen LogP contribution in [0.25, 0.3) is 0 Å². The molecule has 0 amide bonds. The third kappa shape index (κ3) is 4.52. The van der Waals surface area contributed by atoms with Gasteiger partial charge in [-0.1, -0.05) is 6.07 Å². The summed E-state index contributed by atoms with van der Waals surface area (Å²) in [5, 5.41) is 0. The lowest BCUT2D eigenvalue weighted by molar-refractivity contribution is -0.144. The number of hydrogen-bond acceptors (Lipinski definition) is 2. The van der Waals surface area contributed by atoms with Crippen LogP contribution in [0.1, 0.15) is 25.5 Å². The molecule has 0 saturated carbocycles. The summed E-state index contributed by atoms with van der Waals surface area (Å²) in [6, 6.07) is 2.94. The largest absolute Gasteiger partial charge is 0.401 e. The van der Waals surface area contributed by atoms with Gasteiger partial charge in [0.15, 0.2) is 0 Å². The van der Waals surface area contributed by atoms with E-state index in [1.54, 1.807) is 12.3 Å². The van der Waals surface area contributed by atoms with E-state index in [4.69, 9.17) is 0 Å². The zero-order chi connectivity index (χ0) is 13.9. The van der Waals surface area contributed by atoms with Gasteiger partial charge in [0.05, 0.1) is 6.54 Å². The zero-order valence-corrected chi connectivity index (χ0v) is 10.7. The molecule has 0 bridgehead atoms. The van der Waals surface area contributed by atoms with Gasteiger partial charge in [-0.25, -0.2) is 0 Å². The SMILES string of the molecule is CC(C)n1cc(CN(C)CC(F)(F)F)ccc1=O. The van der Waals surface area contributed by atoms with Gasteiger partial charge in [0, 0.05) is 24.8 Å². The van der Waals surface area contributed by atoms with E-state index < -0.39 is 12.7 Å². The van der Waals surface area contributed by atoms with E-state index in [0.29, 0.717) is 5.56 Å². The molecule has 0 aliphatic rings. The minimum Gasteiger partial charge on any atom is -0.313 e. The molecule has 1 rings (SSSR count). The summed E-state index contributed by atoms with van der Waals surface area (Å²) in [6.07, 6.45) is -2.60. The zero-order valence-electron chi connectivity index (χ0n) is 10.7. The number of aromatic nitrogens is 1. The van der Waals surface area contributed by atoms with Crippen LogP contribution in [0, 0.1) is 0 Å². The molecule has 0 aliphatic carbocycles. The Bertz CT molecular complexity index is 451. The van der Waals surface area contributed by atoms with E-state index in [9.17, 15) is 18.0 Å². The second kappa shape index (κ2) is 5.56. The molecule has 0 fully saturated rings. The fourth-order valence-electron chi connectivity index (χ4n) is 1.72. The predicted molar refractivity (Wildman–Crippen MR) is 63.5 cm³/mol. The van der Waals surface area contributed by atoms with E-state index in [1.807, 2.05) is 13.8 Å². The summed E-state index contributed by atoms with van der Waals surface area (Å²) in [6.45, 7) is 2.90. The minimum absolute atomic E-state index is 0.00891. The Balaban J connectivity index is 2.80. The van der Waals surface area contributed by atoms with Crippen molar-refractivity contribution in [2.75, 3.05) is 13.6 Å². The summed E-state index contributed by atoms with van der Waals surface area (Å²) >= 11 is 0. The molecule has 0 radical (unpaired) electrons. The maximum absolute atomic E-state index is 12.2. The molecule has 1 aromatic heterocycles. The predicted octanol–water partition coefficient (Wildman–Crippen LogP) is 2.42. The van der Waals surface area contributed by atoms with Crippen LogP contribution in [0.4, 0.5) is 13.2 Å². The first kappa shape index (κ1) is 14.8. The van der Waals surface area contributed by atoms with E-state index in [0.717, 1.165) is 0 Å². The standard InChI is InChI=1S/C12H17F3N2O/c1-9(2)17-7-10(4-5-11(17)18)6-16(3)8-12(13,14)15/h4-5,7,9H,6,8H2,1-3H3. The minimum atomic E-state index is -4.21. The Morgan fingerprint density at radius 3 is 2.44 bits per heavy atom. The fraction of sp³-hybridized carbons (Fsp3) is 0.583. The van der Waals surface area contributed by atoms with Crippen LogP contribution in [-0.4, -0.2) is 29.2 Å². The number of rotatable bonds is 4. The summed E-state index contributed by atoms with van der Waals surface area (Å²) in [5.74, 6) is 0. The van der Waals surface area contributed by atoms with E-state index in [2.05, 4.69) is 0 Å². The number of halogens is 3. The number of pyridine rings is 1. The average Bonchev–Trinajstić information content (AvgIpc) is 2.17. The van der Waals surface area contributed by atoms with Gasteiger partial charge in [0.2, 0.25) is 0 Å². The summed E-state index contributed by atoms with van der Waals surface area (Å²) < 4.78 is 38.1. The Morgan fingerprint density at radius 1 is 1.33 bits per heavy atom. The first-order valence-corrected chi connectivity index (χ1v) is 5.65. The van der Waals surface area contributed by atoms with Crippen molar-refractivity contribution >= 4 is 0 Å². The fourth-order valence-corrected chi connectivity index (χ4v) is 1.72. The van der Waals surface area contributed by atoms with Gasteiger partial charge in [-0.2, -0.15) is 13.2 Å². The van der Waals surface area contributed by atoms with Gasteiger partial charge in [-0.15, -0.1) is 0 Å². The molecule has 3 nitrogen and oxygen atoms in total. The molecule has 0 spiro atoms. The maximum Gasteiger partial charge on any atom is 0.401 e. The first-order chi connectivity index (χ1) is 8.19. The van der Waals surface area contributed by atoms with Crippen molar-refractivity contribution in [3.05, 3.63) is 34.2 Å². The van der Waals surface area contributed by atoms with Crippen molar-refractivity contribution < 1.29 is 13.2 Å². The third-order valence-electron chi connectivity index (χ3n) is 2.46. The van der Waals surface area contributed by atoms with Crippen molar-refractivity contribution in [1.82, 2.24) is 9.47 Å². The second-order valence-electron chi connectivity index (χ2n) is 4.66. The molecule has 1 heterocycles. The molecule has 0 aliphatic heterocycles. The second-order valence-corrected chi connectivity index (χ2v) is 4.66. The van der Waals surface area contributed by atoms with Crippen LogP contribution in [0.15, 0.2) is 23.1 Å². The molecule has 6 heteroatoms. The highest BCUT2D eigenvalue weighted by atomic mass is 19.4. The number of alkyl halides is 3. The van der Waals surface area contributed by atoms with Gasteiger partial charge in [-0.3, -0.25) is 9.69 Å². The molecule has 0 saturated heterocycles. The highest BCUT2D eigenvalue weighted by Crippen LogP contribution is 2.16. The van der Waals surface area contributed by atoms with Gasteiger partial charge in [0.1, 0.15) is 0 Å². The Kier molecular flexibility index (Phi) is 4.56. The van der Waals surface area contributed by atoms with Crippen LogP contribution < -0.4 is 5.56 Å². The highest BCUT2D eigenvalue weighted by Gasteiger charge is 2.29. The van der Waals surface area contributed by atoms with E-state index in [1.165, 1.54) is 22.6 Å².